The average molecular weight is 137 g/mol. The van der Waals surface area contributed by atoms with Gasteiger partial charge in [-0.25, -0.2) is 0 Å². The van der Waals surface area contributed by atoms with Crippen LogP contribution in [0.4, 0.5) is 0 Å². The van der Waals surface area contributed by atoms with E-state index in [1.807, 2.05) is 0 Å². The predicted molar refractivity (Wildman–Crippen MR) is 41.3 cm³/mol. The Hall–Kier alpha value is -1.23. The van der Waals surface area contributed by atoms with E-state index in [9.17, 15) is 4.79 Å². The Bertz CT molecular complexity index is 155. The van der Waals surface area contributed by atoms with Crippen molar-refractivity contribution in [2.75, 3.05) is 6.54 Å². The van der Waals surface area contributed by atoms with E-state index >= 15 is 0 Å². The van der Waals surface area contributed by atoms with Crippen LogP contribution in [-0.2, 0) is 4.79 Å². The summed E-state index contributed by atoms with van der Waals surface area (Å²) in [4.78, 5) is 10.7. The third kappa shape index (κ3) is 4.92. The van der Waals surface area contributed by atoms with Gasteiger partial charge in [0.2, 0.25) is 5.91 Å². The molecule has 0 aromatic heterocycles. The van der Waals surface area contributed by atoms with Crippen molar-refractivity contribution in [1.82, 2.24) is 5.32 Å². The third-order valence-corrected chi connectivity index (χ3v) is 0.921. The van der Waals surface area contributed by atoms with Crippen molar-refractivity contribution < 1.29 is 4.79 Å². The maximum absolute atomic E-state index is 10.7. The molecule has 0 fully saturated rings. The number of hydrogen-bond acceptors (Lipinski definition) is 1. The van der Waals surface area contributed by atoms with Gasteiger partial charge in [0.25, 0.3) is 0 Å². The minimum Gasteiger partial charge on any atom is -0.355 e. The Morgan fingerprint density at radius 1 is 1.80 bits per heavy atom. The highest BCUT2D eigenvalue weighted by Gasteiger charge is 1.93. The van der Waals surface area contributed by atoms with Crippen LogP contribution in [0.5, 0.6) is 0 Å². The number of nitrogens with one attached hydrogen (secondary N) is 1. The molecule has 0 aliphatic rings. The summed E-state index contributed by atoms with van der Waals surface area (Å²) in [5.74, 6) is 2.40. The lowest BCUT2D eigenvalue weighted by molar-refractivity contribution is -0.120. The lowest BCUT2D eigenvalue weighted by Crippen LogP contribution is -2.22. The average Bonchev–Trinajstić information content (AvgIpc) is 1.89. The van der Waals surface area contributed by atoms with Gasteiger partial charge in [-0.15, -0.1) is 18.9 Å². The second-order valence-corrected chi connectivity index (χ2v) is 1.80. The molecule has 0 unspecified atom stereocenters. The Morgan fingerprint density at radius 3 is 3.00 bits per heavy atom. The van der Waals surface area contributed by atoms with Crippen LogP contribution in [0, 0.1) is 12.3 Å². The summed E-state index contributed by atoms with van der Waals surface area (Å²) in [6.07, 6.45) is 7.48. The summed E-state index contributed by atoms with van der Waals surface area (Å²) in [5, 5.41) is 2.63. The highest BCUT2D eigenvalue weighted by molar-refractivity contribution is 5.77. The smallest absolute Gasteiger partial charge is 0.223 e. The molecule has 0 rings (SSSR count). The maximum atomic E-state index is 10.7. The Labute approximate surface area is 61.3 Å². The molecule has 0 bridgehead atoms. The molecule has 0 spiro atoms. The Balaban J connectivity index is 3.23. The fourth-order valence-electron chi connectivity index (χ4n) is 0.477. The first-order chi connectivity index (χ1) is 4.81. The van der Waals surface area contributed by atoms with E-state index in [2.05, 4.69) is 17.8 Å². The molecule has 1 N–H and O–H groups in total. The van der Waals surface area contributed by atoms with Crippen LogP contribution in [0.15, 0.2) is 12.7 Å². The second-order valence-electron chi connectivity index (χ2n) is 1.80. The van der Waals surface area contributed by atoms with Gasteiger partial charge in [-0.05, 0) is 0 Å². The van der Waals surface area contributed by atoms with Gasteiger partial charge in [-0.2, -0.15) is 0 Å². The largest absolute Gasteiger partial charge is 0.355 e. The van der Waals surface area contributed by atoms with Gasteiger partial charge < -0.3 is 5.32 Å². The van der Waals surface area contributed by atoms with Crippen LogP contribution in [0.25, 0.3) is 0 Å². The molecule has 2 nitrogen and oxygen atoms in total. The highest BCUT2D eigenvalue weighted by atomic mass is 16.1. The minimum absolute atomic E-state index is 0.0229. The Kier molecular flexibility index (Phi) is 5.17. The lowest BCUT2D eigenvalue weighted by Gasteiger charge is -1.97. The van der Waals surface area contributed by atoms with Gasteiger partial charge in [0.15, 0.2) is 0 Å². The number of hydrogen-bond donors (Lipinski definition) is 1. The number of rotatable bonds is 4. The number of carbonyl (C=O) groups excluding carboxylic acids is 1. The summed E-state index contributed by atoms with van der Waals surface area (Å²) < 4.78 is 0. The first kappa shape index (κ1) is 8.77. The maximum Gasteiger partial charge on any atom is 0.223 e. The van der Waals surface area contributed by atoms with Crippen molar-refractivity contribution in [3.8, 4) is 12.3 Å². The van der Waals surface area contributed by atoms with Gasteiger partial charge in [-0.3, -0.25) is 4.79 Å². The molecule has 1 amide bonds. The zero-order chi connectivity index (χ0) is 7.82. The van der Waals surface area contributed by atoms with E-state index in [1.165, 1.54) is 0 Å². The van der Waals surface area contributed by atoms with Crippen LogP contribution in [-0.4, -0.2) is 12.5 Å². The van der Waals surface area contributed by atoms with E-state index in [4.69, 9.17) is 6.42 Å². The normalized spacial score (nSPS) is 7.90. The SMILES string of the molecule is C#CCCNC(=O)CC=C. The highest BCUT2D eigenvalue weighted by Crippen LogP contribution is 1.79. The van der Waals surface area contributed by atoms with E-state index in [0.29, 0.717) is 19.4 Å². The zero-order valence-electron chi connectivity index (χ0n) is 5.89. The van der Waals surface area contributed by atoms with Crippen LogP contribution >= 0.6 is 0 Å². The molecule has 0 heterocycles. The molecule has 10 heavy (non-hydrogen) atoms. The molecule has 0 aliphatic heterocycles. The summed E-state index contributed by atoms with van der Waals surface area (Å²) in [7, 11) is 0. The van der Waals surface area contributed by atoms with Crippen LogP contribution < -0.4 is 5.32 Å². The lowest BCUT2D eigenvalue weighted by atomic mass is 10.4. The van der Waals surface area contributed by atoms with Gasteiger partial charge in [0.05, 0.1) is 0 Å². The van der Waals surface area contributed by atoms with E-state index < -0.39 is 0 Å². The zero-order valence-corrected chi connectivity index (χ0v) is 5.89. The molecule has 0 aromatic carbocycles. The van der Waals surface area contributed by atoms with E-state index in [0.717, 1.165) is 0 Å². The van der Waals surface area contributed by atoms with Crippen LogP contribution in [0.3, 0.4) is 0 Å². The molecule has 0 aliphatic carbocycles. The van der Waals surface area contributed by atoms with Gasteiger partial charge in [0.1, 0.15) is 0 Å². The van der Waals surface area contributed by atoms with Crippen molar-refractivity contribution >= 4 is 5.91 Å². The number of terminal acetylenes is 1. The molecule has 54 valence electrons. The summed E-state index contributed by atoms with van der Waals surface area (Å²) in [6.45, 7) is 3.99. The standard InChI is InChI=1S/C8H11NO/c1-3-5-7-9-8(10)6-4-2/h1,4H,2,5-7H2,(H,9,10). The molecule has 0 saturated carbocycles. The fourth-order valence-corrected chi connectivity index (χ4v) is 0.477. The Morgan fingerprint density at radius 2 is 2.50 bits per heavy atom. The molecule has 0 saturated heterocycles. The molecular weight excluding hydrogens is 126 g/mol. The first-order valence-corrected chi connectivity index (χ1v) is 3.12. The van der Waals surface area contributed by atoms with E-state index in [-0.39, 0.29) is 5.91 Å². The molecular formula is C8H11NO. The van der Waals surface area contributed by atoms with Crippen molar-refractivity contribution in [2.45, 2.75) is 12.8 Å². The monoisotopic (exact) mass is 137 g/mol. The topological polar surface area (TPSA) is 29.1 Å². The molecule has 0 atom stereocenters. The van der Waals surface area contributed by atoms with Gasteiger partial charge in [0, 0.05) is 19.4 Å². The van der Waals surface area contributed by atoms with Gasteiger partial charge in [-0.1, -0.05) is 6.08 Å². The van der Waals surface area contributed by atoms with Crippen LogP contribution in [0.2, 0.25) is 0 Å². The quantitative estimate of drug-likeness (QED) is 0.345. The molecule has 0 aromatic rings. The van der Waals surface area contributed by atoms with Crippen LogP contribution in [0.1, 0.15) is 12.8 Å². The van der Waals surface area contributed by atoms with Crippen molar-refractivity contribution in [3.05, 3.63) is 12.7 Å². The molecule has 2 heteroatoms. The van der Waals surface area contributed by atoms with Crippen molar-refractivity contribution in [3.63, 3.8) is 0 Å². The second kappa shape index (κ2) is 5.90. The minimum atomic E-state index is -0.0229. The fraction of sp³-hybridized carbons (Fsp3) is 0.375. The first-order valence-electron chi connectivity index (χ1n) is 3.12. The number of carbonyl (C=O) groups is 1. The van der Waals surface area contributed by atoms with Gasteiger partial charge >= 0.3 is 0 Å². The summed E-state index contributed by atoms with van der Waals surface area (Å²) in [5.41, 5.74) is 0. The predicted octanol–water partition coefficient (Wildman–Crippen LogP) is 0.702. The van der Waals surface area contributed by atoms with Crippen molar-refractivity contribution in [2.24, 2.45) is 0 Å². The molecule has 0 radical (unpaired) electrons. The summed E-state index contributed by atoms with van der Waals surface area (Å²) >= 11 is 0. The van der Waals surface area contributed by atoms with Crippen molar-refractivity contribution in [1.29, 1.82) is 0 Å². The third-order valence-electron chi connectivity index (χ3n) is 0.921. The number of amides is 1. The summed E-state index contributed by atoms with van der Waals surface area (Å²) in [6, 6.07) is 0. The van der Waals surface area contributed by atoms with E-state index in [1.54, 1.807) is 6.08 Å².